The largest absolute Gasteiger partial charge is 0.458 e. The van der Waals surface area contributed by atoms with Gasteiger partial charge in [-0.3, -0.25) is 0 Å². The molecule has 4 N–H and O–H groups in total. The first kappa shape index (κ1) is 30.3. The first-order chi connectivity index (χ1) is 16.5. The van der Waals surface area contributed by atoms with Gasteiger partial charge in [-0.05, 0) is 36.7 Å². The minimum atomic E-state index is -0.939. The van der Waals surface area contributed by atoms with Crippen molar-refractivity contribution in [2.45, 2.75) is 0 Å². The zero-order chi connectivity index (χ0) is 25.6. The summed E-state index contributed by atoms with van der Waals surface area (Å²) in [4.78, 5) is 27.1. The van der Waals surface area contributed by atoms with Crippen LogP contribution in [-0.4, -0.2) is 108 Å². The van der Waals surface area contributed by atoms with Crippen molar-refractivity contribution in [2.24, 2.45) is 0 Å². The Bertz CT molecular complexity index is 744. The molecule has 0 fully saturated rings. The first-order valence-electron chi connectivity index (χ1n) is 10.3. The van der Waals surface area contributed by atoms with E-state index in [0.717, 1.165) is 0 Å². The molecule has 12 nitrogen and oxygen atoms in total. The van der Waals surface area contributed by atoms with Crippen LogP contribution in [0.2, 0.25) is 0 Å². The van der Waals surface area contributed by atoms with E-state index in [1.807, 2.05) is 0 Å². The molecule has 0 aromatic carbocycles. The van der Waals surface area contributed by atoms with E-state index < -0.39 is 11.9 Å². The highest BCUT2D eigenvalue weighted by atomic mass is 16.6. The fourth-order valence-corrected chi connectivity index (χ4v) is 2.28. The second kappa shape index (κ2) is 20.0. The van der Waals surface area contributed by atoms with Crippen molar-refractivity contribution in [3.8, 4) is 12.1 Å². The van der Waals surface area contributed by atoms with Crippen LogP contribution in [0.15, 0.2) is 47.9 Å². The molecule has 0 rings (SSSR count). The monoisotopic (exact) mass is 478 g/mol. The van der Waals surface area contributed by atoms with E-state index in [9.17, 15) is 9.59 Å². The van der Waals surface area contributed by atoms with Crippen molar-refractivity contribution in [2.75, 3.05) is 65.8 Å². The van der Waals surface area contributed by atoms with Gasteiger partial charge >= 0.3 is 11.9 Å². The summed E-state index contributed by atoms with van der Waals surface area (Å²) in [5.74, 6) is -1.88. The molecule has 0 amide bonds. The van der Waals surface area contributed by atoms with Gasteiger partial charge in [-0.1, -0.05) is 0 Å². The fourth-order valence-electron chi connectivity index (χ4n) is 2.28. The number of nitrogens with zero attached hydrogens (tertiary/aromatic N) is 4. The number of carbonyl (C=O) groups is 2. The summed E-state index contributed by atoms with van der Waals surface area (Å²) in [5, 5.41) is 54.0. The Kier molecular flexibility index (Phi) is 17.8. The molecule has 0 radical (unpaired) electrons. The highest BCUT2D eigenvalue weighted by Crippen LogP contribution is 2.01. The van der Waals surface area contributed by atoms with Gasteiger partial charge in [0.05, 0.1) is 26.4 Å². The van der Waals surface area contributed by atoms with Gasteiger partial charge in [-0.15, -0.1) is 0 Å². The van der Waals surface area contributed by atoms with Crippen molar-refractivity contribution < 1.29 is 39.5 Å². The third-order valence-electron chi connectivity index (χ3n) is 3.90. The van der Waals surface area contributed by atoms with Crippen LogP contribution >= 0.6 is 0 Å². The zero-order valence-electron chi connectivity index (χ0n) is 18.7. The number of carbonyl (C=O) groups excluding carboxylic acids is 2. The smallest absolute Gasteiger partial charge is 0.349 e. The minimum absolute atomic E-state index is 0.134. The summed E-state index contributed by atoms with van der Waals surface area (Å²) < 4.78 is 9.75. The van der Waals surface area contributed by atoms with Crippen LogP contribution in [0.1, 0.15) is 0 Å². The molecule has 0 aromatic heterocycles. The molecule has 0 aromatic rings. The third kappa shape index (κ3) is 13.7. The predicted molar refractivity (Wildman–Crippen MR) is 119 cm³/mol. The summed E-state index contributed by atoms with van der Waals surface area (Å²) in [7, 11) is 0. The topological polar surface area (TPSA) is 188 Å². The number of hydrogen-bond donors (Lipinski definition) is 4. The lowest BCUT2D eigenvalue weighted by molar-refractivity contribution is -0.146. The molecule has 186 valence electrons. The highest BCUT2D eigenvalue weighted by Gasteiger charge is 2.12. The molecule has 0 spiro atoms. The normalized spacial score (nSPS) is 11.8. The number of esters is 2. The van der Waals surface area contributed by atoms with Crippen LogP contribution in [0.3, 0.4) is 0 Å². The zero-order valence-corrected chi connectivity index (χ0v) is 18.7. The number of rotatable bonds is 17. The molecule has 0 bridgehead atoms. The maximum absolute atomic E-state index is 12.0. The summed E-state index contributed by atoms with van der Waals surface area (Å²) in [6.07, 6.45) is 8.19. The molecule has 0 aliphatic carbocycles. The lowest BCUT2D eigenvalue weighted by Gasteiger charge is -2.16. The number of hydrogen-bond acceptors (Lipinski definition) is 12. The first-order valence-corrected chi connectivity index (χ1v) is 10.3. The second-order valence-corrected chi connectivity index (χ2v) is 6.31. The van der Waals surface area contributed by atoms with Crippen LogP contribution in [0.25, 0.3) is 0 Å². The minimum Gasteiger partial charge on any atom is -0.458 e. The molecule has 0 heterocycles. The standard InChI is InChI=1S/C22H30N4O8/c23-17-19(3-1-5-25(7-11-27)8-12-28)21(31)33-15-16-34-22(32)20(18-24)4-2-6-26(9-13-29)10-14-30/h1-6,27-30H,7-16H2. The number of ether oxygens (including phenoxy) is 2. The summed E-state index contributed by atoms with van der Waals surface area (Å²) in [6.45, 7) is -0.164. The molecule has 12 heteroatoms. The number of nitriles is 2. The molecule has 0 unspecified atom stereocenters. The number of aliphatic hydroxyl groups is 4. The van der Waals surface area contributed by atoms with Gasteiger partial charge in [0.25, 0.3) is 0 Å². The molecule has 34 heavy (non-hydrogen) atoms. The van der Waals surface area contributed by atoms with Crippen molar-refractivity contribution in [1.29, 1.82) is 10.5 Å². The van der Waals surface area contributed by atoms with E-state index in [1.165, 1.54) is 36.7 Å². The van der Waals surface area contributed by atoms with E-state index in [0.29, 0.717) is 0 Å². The average Bonchev–Trinajstić information content (AvgIpc) is 2.82. The van der Waals surface area contributed by atoms with Crippen LogP contribution in [0.4, 0.5) is 0 Å². The van der Waals surface area contributed by atoms with Crippen molar-refractivity contribution in [1.82, 2.24) is 9.80 Å². The van der Waals surface area contributed by atoms with Gasteiger partial charge < -0.3 is 39.7 Å². The Balaban J connectivity index is 4.71. The Hall–Kier alpha value is -3.68. The Morgan fingerprint density at radius 3 is 1.26 bits per heavy atom. The quantitative estimate of drug-likeness (QED) is 0.0628. The number of aliphatic hydroxyl groups excluding tert-OH is 4. The second-order valence-electron chi connectivity index (χ2n) is 6.31. The van der Waals surface area contributed by atoms with Gasteiger partial charge in [0.1, 0.15) is 36.5 Å². The maximum Gasteiger partial charge on any atom is 0.349 e. The SMILES string of the molecule is N#CC(=CC=CN(CCO)CCO)C(=O)OCCOC(=O)C(C#N)=CC=CN(CCO)CCO. The number of allylic oxidation sites excluding steroid dienone is 4. The van der Waals surface area contributed by atoms with Crippen molar-refractivity contribution in [3.05, 3.63) is 47.9 Å². The summed E-state index contributed by atoms with van der Waals surface area (Å²) in [5.41, 5.74) is -0.623. The molecule has 0 saturated heterocycles. The maximum atomic E-state index is 12.0. The molecule has 0 aliphatic heterocycles. The van der Waals surface area contributed by atoms with Crippen LogP contribution < -0.4 is 0 Å². The van der Waals surface area contributed by atoms with Gasteiger partial charge in [0.2, 0.25) is 0 Å². The van der Waals surface area contributed by atoms with Gasteiger partial charge in [0, 0.05) is 26.2 Å². The van der Waals surface area contributed by atoms with Crippen LogP contribution in [0, 0.1) is 22.7 Å². The third-order valence-corrected chi connectivity index (χ3v) is 3.90. The lowest BCUT2D eigenvalue weighted by Crippen LogP contribution is -2.24. The van der Waals surface area contributed by atoms with Gasteiger partial charge in [0.15, 0.2) is 0 Å². The molecule has 0 aliphatic rings. The summed E-state index contributed by atoms with van der Waals surface area (Å²) >= 11 is 0. The molecule has 0 saturated carbocycles. The van der Waals surface area contributed by atoms with Crippen molar-refractivity contribution in [3.63, 3.8) is 0 Å². The van der Waals surface area contributed by atoms with Crippen molar-refractivity contribution >= 4 is 11.9 Å². The van der Waals surface area contributed by atoms with E-state index >= 15 is 0 Å². The van der Waals surface area contributed by atoms with Crippen LogP contribution in [0.5, 0.6) is 0 Å². The van der Waals surface area contributed by atoms with E-state index in [1.54, 1.807) is 21.9 Å². The van der Waals surface area contributed by atoms with E-state index in [4.69, 9.17) is 40.4 Å². The van der Waals surface area contributed by atoms with Gasteiger partial charge in [-0.25, -0.2) is 9.59 Å². The van der Waals surface area contributed by atoms with E-state index in [-0.39, 0.29) is 77.0 Å². The fraction of sp³-hybridized carbons (Fsp3) is 0.455. The average molecular weight is 479 g/mol. The lowest BCUT2D eigenvalue weighted by atomic mass is 10.2. The Morgan fingerprint density at radius 2 is 1.00 bits per heavy atom. The Labute approximate surface area is 198 Å². The van der Waals surface area contributed by atoms with E-state index in [2.05, 4.69) is 0 Å². The Morgan fingerprint density at radius 1 is 0.676 bits per heavy atom. The molecular formula is C22H30N4O8. The molecular weight excluding hydrogens is 448 g/mol. The van der Waals surface area contributed by atoms with Gasteiger partial charge in [-0.2, -0.15) is 10.5 Å². The summed E-state index contributed by atoms with van der Waals surface area (Å²) in [6, 6.07) is 3.36. The predicted octanol–water partition coefficient (Wildman–Crippen LogP) is -1.43. The van der Waals surface area contributed by atoms with Crippen LogP contribution in [-0.2, 0) is 19.1 Å². The molecule has 0 atom stereocenters. The highest BCUT2D eigenvalue weighted by molar-refractivity contribution is 5.93.